The lowest BCUT2D eigenvalue weighted by molar-refractivity contribution is -0.127. The molecule has 0 bridgehead atoms. The van der Waals surface area contributed by atoms with E-state index in [9.17, 15) is 9.59 Å². The van der Waals surface area contributed by atoms with Crippen LogP contribution in [0.4, 0.5) is 0 Å². The summed E-state index contributed by atoms with van der Waals surface area (Å²) in [6, 6.07) is 0. The summed E-state index contributed by atoms with van der Waals surface area (Å²) in [5.74, 6) is 1.27. The maximum absolute atomic E-state index is 12.1. The molecule has 1 fully saturated rings. The summed E-state index contributed by atoms with van der Waals surface area (Å²) in [5.41, 5.74) is 0. The largest absolute Gasteiger partial charge is 0.483 e. The number of hydrogen-bond donors (Lipinski definition) is 2. The zero-order valence-electron chi connectivity index (χ0n) is 13.6. The third-order valence-corrected chi connectivity index (χ3v) is 4.25. The van der Waals surface area contributed by atoms with Gasteiger partial charge >= 0.3 is 0 Å². The third kappa shape index (κ3) is 4.77. The molecular weight excluding hydrogens is 314 g/mol. The molecule has 2 aliphatic rings. The molecule has 0 saturated carbocycles. The van der Waals surface area contributed by atoms with Crippen LogP contribution in [0, 0.1) is 5.92 Å². The Bertz CT molecular complexity index is 574. The van der Waals surface area contributed by atoms with Gasteiger partial charge in [0.05, 0.1) is 12.5 Å². The van der Waals surface area contributed by atoms with E-state index in [1.54, 1.807) is 6.33 Å². The minimum absolute atomic E-state index is 0.0207. The van der Waals surface area contributed by atoms with Gasteiger partial charge in [0.1, 0.15) is 12.2 Å². The number of carbonyl (C=O) groups excluding carboxylic acids is 2. The van der Waals surface area contributed by atoms with Crippen molar-refractivity contribution < 1.29 is 19.5 Å². The first-order valence-electron chi connectivity index (χ1n) is 8.15. The quantitative estimate of drug-likeness (QED) is 0.561. The summed E-state index contributed by atoms with van der Waals surface area (Å²) < 4.78 is 1.82. The van der Waals surface area contributed by atoms with Gasteiger partial charge in [-0.15, -0.1) is 0 Å². The lowest BCUT2D eigenvalue weighted by atomic mass is 9.99. The highest BCUT2D eigenvalue weighted by Gasteiger charge is 2.25. The minimum Gasteiger partial charge on any atom is -0.483 e. The molecule has 1 unspecified atom stereocenters. The Balaban J connectivity index is 0.000000647. The van der Waals surface area contributed by atoms with Crippen LogP contribution in [0.25, 0.3) is 0 Å². The summed E-state index contributed by atoms with van der Waals surface area (Å²) in [5, 5.41) is 14.0. The van der Waals surface area contributed by atoms with Crippen LogP contribution in [0.5, 0.6) is 0 Å². The summed E-state index contributed by atoms with van der Waals surface area (Å²) in [4.78, 5) is 38.0. The standard InChI is InChI=1S/C14H21N5O2.CH2O2/c20-13-3-1-7-18(13)8-2-6-15-14(21)11-4-5-12-16-10-17-19(12)9-11;2-1-3/h10-11H,1-9H2,(H,15,21);1H,(H,2,3). The monoisotopic (exact) mass is 337 g/mol. The van der Waals surface area contributed by atoms with Gasteiger partial charge in [0.2, 0.25) is 11.8 Å². The Morgan fingerprint density at radius 2 is 2.25 bits per heavy atom. The molecule has 0 radical (unpaired) electrons. The average molecular weight is 337 g/mol. The summed E-state index contributed by atoms with van der Waals surface area (Å²) in [6.45, 7) is 2.61. The average Bonchev–Trinajstić information content (AvgIpc) is 3.20. The van der Waals surface area contributed by atoms with Crippen LogP contribution in [0.15, 0.2) is 6.33 Å². The van der Waals surface area contributed by atoms with Gasteiger partial charge in [-0.05, 0) is 19.3 Å². The van der Waals surface area contributed by atoms with Gasteiger partial charge in [0.15, 0.2) is 0 Å². The number of aromatic nitrogens is 3. The van der Waals surface area contributed by atoms with Crippen molar-refractivity contribution in [3.05, 3.63) is 12.2 Å². The summed E-state index contributed by atoms with van der Waals surface area (Å²) in [7, 11) is 0. The maximum atomic E-state index is 12.1. The number of carbonyl (C=O) groups is 3. The summed E-state index contributed by atoms with van der Waals surface area (Å²) in [6.07, 6.45) is 5.64. The molecule has 2 aliphatic heterocycles. The molecule has 0 spiro atoms. The topological polar surface area (TPSA) is 117 Å². The van der Waals surface area contributed by atoms with Crippen molar-refractivity contribution in [2.75, 3.05) is 19.6 Å². The number of amides is 2. The van der Waals surface area contributed by atoms with Crippen LogP contribution in [-0.4, -0.2) is 62.7 Å². The van der Waals surface area contributed by atoms with Crippen molar-refractivity contribution in [1.29, 1.82) is 0 Å². The van der Waals surface area contributed by atoms with Crippen molar-refractivity contribution in [3.8, 4) is 0 Å². The van der Waals surface area contributed by atoms with E-state index in [0.29, 0.717) is 19.5 Å². The highest BCUT2D eigenvalue weighted by Crippen LogP contribution is 2.17. The number of nitrogens with zero attached hydrogens (tertiary/aromatic N) is 4. The minimum atomic E-state index is -0.250. The fourth-order valence-electron chi connectivity index (χ4n) is 3.02. The second-order valence-electron chi connectivity index (χ2n) is 5.83. The predicted molar refractivity (Wildman–Crippen MR) is 84.0 cm³/mol. The number of nitrogens with one attached hydrogen (secondary N) is 1. The van der Waals surface area contributed by atoms with Crippen LogP contribution < -0.4 is 5.32 Å². The SMILES string of the molecule is O=C(NCCCN1CCCC1=O)C1CCc2ncnn2C1.O=CO. The highest BCUT2D eigenvalue weighted by molar-refractivity contribution is 5.79. The summed E-state index contributed by atoms with van der Waals surface area (Å²) >= 11 is 0. The van der Waals surface area contributed by atoms with Crippen molar-refractivity contribution >= 4 is 18.3 Å². The highest BCUT2D eigenvalue weighted by atomic mass is 16.3. The third-order valence-electron chi connectivity index (χ3n) is 4.25. The number of likely N-dealkylation sites (tertiary alicyclic amines) is 1. The van der Waals surface area contributed by atoms with E-state index in [2.05, 4.69) is 15.4 Å². The molecule has 2 amide bonds. The van der Waals surface area contributed by atoms with E-state index in [1.165, 1.54) is 0 Å². The first-order chi connectivity index (χ1) is 11.7. The first kappa shape index (κ1) is 17.9. The fraction of sp³-hybridized carbons (Fsp3) is 0.667. The predicted octanol–water partition coefficient (Wildman–Crippen LogP) is -0.330. The molecule has 1 saturated heterocycles. The molecule has 132 valence electrons. The van der Waals surface area contributed by atoms with E-state index in [1.807, 2.05) is 9.58 Å². The molecule has 0 aromatic carbocycles. The Labute approximate surface area is 140 Å². The van der Waals surface area contributed by atoms with Gasteiger partial charge in [0, 0.05) is 32.5 Å². The zero-order valence-corrected chi connectivity index (χ0v) is 13.6. The van der Waals surface area contributed by atoms with E-state index < -0.39 is 0 Å². The van der Waals surface area contributed by atoms with E-state index in [4.69, 9.17) is 9.90 Å². The molecule has 9 heteroatoms. The Hall–Kier alpha value is -2.45. The molecule has 1 aromatic rings. The molecule has 0 aliphatic carbocycles. The maximum Gasteiger partial charge on any atom is 0.290 e. The smallest absolute Gasteiger partial charge is 0.290 e. The van der Waals surface area contributed by atoms with Crippen LogP contribution in [0.1, 0.15) is 31.5 Å². The van der Waals surface area contributed by atoms with E-state index >= 15 is 0 Å². The van der Waals surface area contributed by atoms with Crippen LogP contribution in [-0.2, 0) is 27.3 Å². The van der Waals surface area contributed by atoms with Gasteiger partial charge in [-0.1, -0.05) is 0 Å². The second kappa shape index (κ2) is 8.99. The second-order valence-corrected chi connectivity index (χ2v) is 5.83. The van der Waals surface area contributed by atoms with E-state index in [-0.39, 0.29) is 24.2 Å². The molecule has 1 atom stereocenters. The Kier molecular flexibility index (Phi) is 6.71. The van der Waals surface area contributed by atoms with Crippen LogP contribution in [0.2, 0.25) is 0 Å². The fourth-order valence-corrected chi connectivity index (χ4v) is 3.02. The zero-order chi connectivity index (χ0) is 17.4. The van der Waals surface area contributed by atoms with Crippen molar-refractivity contribution in [2.45, 2.75) is 38.6 Å². The Morgan fingerprint density at radius 1 is 1.46 bits per heavy atom. The van der Waals surface area contributed by atoms with E-state index in [0.717, 1.165) is 44.6 Å². The van der Waals surface area contributed by atoms with Gasteiger partial charge < -0.3 is 15.3 Å². The van der Waals surface area contributed by atoms with Gasteiger partial charge in [-0.25, -0.2) is 9.67 Å². The molecular formula is C15H23N5O4. The molecule has 1 aromatic heterocycles. The van der Waals surface area contributed by atoms with Crippen molar-refractivity contribution in [3.63, 3.8) is 0 Å². The van der Waals surface area contributed by atoms with Crippen molar-refractivity contribution in [1.82, 2.24) is 25.0 Å². The number of hydrogen-bond acceptors (Lipinski definition) is 5. The lowest BCUT2D eigenvalue weighted by Crippen LogP contribution is -2.37. The molecule has 3 heterocycles. The molecule has 2 N–H and O–H groups in total. The number of carboxylic acid groups (broad SMARTS) is 1. The van der Waals surface area contributed by atoms with Crippen molar-refractivity contribution in [2.24, 2.45) is 5.92 Å². The molecule has 24 heavy (non-hydrogen) atoms. The number of aryl methyl sites for hydroxylation is 1. The molecule has 3 rings (SSSR count). The van der Waals surface area contributed by atoms with Crippen LogP contribution >= 0.6 is 0 Å². The number of rotatable bonds is 5. The molecule has 9 nitrogen and oxygen atoms in total. The lowest BCUT2D eigenvalue weighted by Gasteiger charge is -2.22. The van der Waals surface area contributed by atoms with Gasteiger partial charge in [-0.3, -0.25) is 14.4 Å². The normalized spacial score (nSPS) is 19.2. The van der Waals surface area contributed by atoms with Gasteiger partial charge in [-0.2, -0.15) is 5.10 Å². The van der Waals surface area contributed by atoms with Crippen LogP contribution in [0.3, 0.4) is 0 Å². The first-order valence-corrected chi connectivity index (χ1v) is 8.15. The Morgan fingerprint density at radius 3 is 2.96 bits per heavy atom. The van der Waals surface area contributed by atoms with Gasteiger partial charge in [0.25, 0.3) is 6.47 Å². The number of fused-ring (bicyclic) bond motifs is 1.